The Balaban J connectivity index is 0.00000128. The fourth-order valence-electron chi connectivity index (χ4n) is 5.09. The van der Waals surface area contributed by atoms with Crippen molar-refractivity contribution in [3.05, 3.63) is 41.6 Å². The number of halogens is 2. The summed E-state index contributed by atoms with van der Waals surface area (Å²) in [6, 6.07) is 10.4. The average molecular weight is 453 g/mol. The van der Waals surface area contributed by atoms with E-state index in [-0.39, 0.29) is 42.3 Å². The molecular formula is C22H30Cl2N4O2. The molecule has 2 aromatic rings. The maximum Gasteiger partial charge on any atom is 0.312 e. The maximum atomic E-state index is 12.5. The number of fused-ring (bicyclic) bond motifs is 1. The number of ether oxygens (including phenoxy) is 1. The molecule has 6 nitrogen and oxygen atoms in total. The molecule has 0 bridgehead atoms. The molecule has 0 aliphatic carbocycles. The van der Waals surface area contributed by atoms with Gasteiger partial charge in [0, 0.05) is 49.3 Å². The van der Waals surface area contributed by atoms with E-state index >= 15 is 0 Å². The van der Waals surface area contributed by atoms with Gasteiger partial charge in [-0.3, -0.25) is 14.8 Å². The number of nitrogens with one attached hydrogen (secondary N) is 2. The summed E-state index contributed by atoms with van der Waals surface area (Å²) in [5, 5.41) is 11.2. The molecule has 1 spiro atoms. The van der Waals surface area contributed by atoms with Crippen LogP contribution in [0.4, 0.5) is 0 Å². The summed E-state index contributed by atoms with van der Waals surface area (Å²) >= 11 is 0. The summed E-state index contributed by atoms with van der Waals surface area (Å²) < 4.78 is 5.82. The molecule has 1 aromatic heterocycles. The first-order valence-corrected chi connectivity index (χ1v) is 10.5. The van der Waals surface area contributed by atoms with Crippen LogP contribution >= 0.6 is 24.8 Å². The Morgan fingerprint density at radius 1 is 1.10 bits per heavy atom. The minimum atomic E-state index is -0.226. The van der Waals surface area contributed by atoms with Gasteiger partial charge in [-0.05, 0) is 32.4 Å². The standard InChI is InChI=1S/C22H28N4O2.2ClH/c27-21-22(8-10-23-11-9-22)14-17(28-21)15-26-12-6-18-19(7-13-26)24-25-20(18)16-4-2-1-3-5-16;;/h1-5,17,23H,6-15H2,(H,24,25);2*1H. The molecular weight excluding hydrogens is 423 g/mol. The average Bonchev–Trinajstić information content (AvgIpc) is 3.19. The second-order valence-corrected chi connectivity index (χ2v) is 8.46. The lowest BCUT2D eigenvalue weighted by Gasteiger charge is -2.29. The molecule has 4 heterocycles. The predicted molar refractivity (Wildman–Crippen MR) is 121 cm³/mol. The van der Waals surface area contributed by atoms with Gasteiger partial charge >= 0.3 is 5.97 Å². The molecule has 164 valence electrons. The number of nitrogens with zero attached hydrogens (tertiary/aromatic N) is 2. The van der Waals surface area contributed by atoms with Crippen LogP contribution in [0, 0.1) is 5.41 Å². The summed E-state index contributed by atoms with van der Waals surface area (Å²) in [4.78, 5) is 15.0. The fraction of sp³-hybridized carbons (Fsp3) is 0.545. The number of carbonyl (C=O) groups excluding carboxylic acids is 1. The van der Waals surface area contributed by atoms with Gasteiger partial charge in [-0.1, -0.05) is 30.3 Å². The van der Waals surface area contributed by atoms with Gasteiger partial charge in [0.25, 0.3) is 0 Å². The third kappa shape index (κ3) is 4.37. The van der Waals surface area contributed by atoms with Crippen molar-refractivity contribution >= 4 is 30.8 Å². The van der Waals surface area contributed by atoms with Gasteiger partial charge in [-0.25, -0.2) is 0 Å². The molecule has 30 heavy (non-hydrogen) atoms. The highest BCUT2D eigenvalue weighted by Gasteiger charge is 2.49. The van der Waals surface area contributed by atoms with E-state index in [1.807, 2.05) is 6.07 Å². The Morgan fingerprint density at radius 2 is 1.83 bits per heavy atom. The zero-order valence-corrected chi connectivity index (χ0v) is 18.7. The number of piperidine rings is 1. The van der Waals surface area contributed by atoms with Crippen LogP contribution in [0.15, 0.2) is 30.3 Å². The smallest absolute Gasteiger partial charge is 0.312 e. The van der Waals surface area contributed by atoms with E-state index in [9.17, 15) is 4.79 Å². The number of aromatic nitrogens is 2. The van der Waals surface area contributed by atoms with Crippen LogP contribution in [0.25, 0.3) is 11.3 Å². The van der Waals surface area contributed by atoms with Gasteiger partial charge in [0.2, 0.25) is 0 Å². The molecule has 2 fully saturated rings. The summed E-state index contributed by atoms with van der Waals surface area (Å²) in [6.07, 6.45) is 4.69. The van der Waals surface area contributed by atoms with E-state index in [0.717, 1.165) is 70.5 Å². The summed E-state index contributed by atoms with van der Waals surface area (Å²) in [6.45, 7) is 4.66. The summed E-state index contributed by atoms with van der Waals surface area (Å²) in [5.74, 6) is 0.0367. The van der Waals surface area contributed by atoms with Gasteiger partial charge in [0.15, 0.2) is 0 Å². The third-order valence-corrected chi connectivity index (χ3v) is 6.70. The largest absolute Gasteiger partial charge is 0.461 e. The van der Waals surface area contributed by atoms with Crippen LogP contribution in [0.1, 0.15) is 30.5 Å². The van der Waals surface area contributed by atoms with Crippen molar-refractivity contribution in [3.63, 3.8) is 0 Å². The molecule has 1 unspecified atom stereocenters. The molecule has 0 radical (unpaired) electrons. The first-order valence-electron chi connectivity index (χ1n) is 10.5. The minimum Gasteiger partial charge on any atom is -0.461 e. The van der Waals surface area contributed by atoms with Gasteiger partial charge in [-0.15, -0.1) is 24.8 Å². The number of carbonyl (C=O) groups is 1. The molecule has 1 atom stereocenters. The highest BCUT2D eigenvalue weighted by atomic mass is 35.5. The normalized spacial score (nSPS) is 23.1. The Morgan fingerprint density at radius 3 is 2.60 bits per heavy atom. The molecule has 0 amide bonds. The SMILES string of the molecule is Cl.Cl.O=C1OC(CN2CCc3[nH]nc(-c4ccccc4)c3CC2)CC12CCNCC2. The van der Waals surface area contributed by atoms with E-state index in [1.54, 1.807) is 0 Å². The lowest BCUT2D eigenvalue weighted by molar-refractivity contribution is -0.150. The molecule has 2 N–H and O–H groups in total. The second kappa shape index (κ2) is 9.69. The Kier molecular flexibility index (Phi) is 7.45. The van der Waals surface area contributed by atoms with Crippen LogP contribution in [0.3, 0.4) is 0 Å². The van der Waals surface area contributed by atoms with E-state index in [2.05, 4.69) is 44.7 Å². The zero-order chi connectivity index (χ0) is 19.0. The molecule has 0 saturated carbocycles. The first-order chi connectivity index (χ1) is 13.7. The number of rotatable bonds is 3. The van der Waals surface area contributed by atoms with E-state index in [4.69, 9.17) is 4.74 Å². The molecule has 3 aliphatic heterocycles. The Bertz CT molecular complexity index is 852. The van der Waals surface area contributed by atoms with Crippen LogP contribution < -0.4 is 5.32 Å². The minimum absolute atomic E-state index is 0. The maximum absolute atomic E-state index is 12.5. The topological polar surface area (TPSA) is 70.2 Å². The van der Waals surface area contributed by atoms with Crippen molar-refractivity contribution in [1.29, 1.82) is 0 Å². The monoisotopic (exact) mass is 452 g/mol. The van der Waals surface area contributed by atoms with Crippen LogP contribution in [-0.2, 0) is 22.4 Å². The van der Waals surface area contributed by atoms with Crippen LogP contribution in [0.5, 0.6) is 0 Å². The number of hydrogen-bond acceptors (Lipinski definition) is 5. The number of hydrogen-bond donors (Lipinski definition) is 2. The quantitative estimate of drug-likeness (QED) is 0.700. The van der Waals surface area contributed by atoms with Gasteiger partial charge in [0.1, 0.15) is 6.10 Å². The van der Waals surface area contributed by atoms with Gasteiger partial charge in [-0.2, -0.15) is 5.10 Å². The number of aromatic amines is 1. The van der Waals surface area contributed by atoms with Crippen LogP contribution in [0.2, 0.25) is 0 Å². The third-order valence-electron chi connectivity index (χ3n) is 6.70. The number of cyclic esters (lactones) is 1. The van der Waals surface area contributed by atoms with Gasteiger partial charge < -0.3 is 10.1 Å². The molecule has 2 saturated heterocycles. The number of esters is 1. The zero-order valence-electron chi connectivity index (χ0n) is 17.1. The molecule has 1 aromatic carbocycles. The molecule has 5 rings (SSSR count). The molecule has 8 heteroatoms. The summed E-state index contributed by atoms with van der Waals surface area (Å²) in [7, 11) is 0. The Labute approximate surface area is 190 Å². The predicted octanol–water partition coefficient (Wildman–Crippen LogP) is 3.01. The lowest BCUT2D eigenvalue weighted by Crippen LogP contribution is -2.40. The number of benzene rings is 1. The lowest BCUT2D eigenvalue weighted by atomic mass is 9.76. The van der Waals surface area contributed by atoms with Crippen molar-refractivity contribution < 1.29 is 9.53 Å². The van der Waals surface area contributed by atoms with Crippen molar-refractivity contribution in [3.8, 4) is 11.3 Å². The van der Waals surface area contributed by atoms with Gasteiger partial charge in [0.05, 0.1) is 11.1 Å². The number of H-pyrrole nitrogens is 1. The highest BCUT2D eigenvalue weighted by molar-refractivity contribution is 5.85. The van der Waals surface area contributed by atoms with Crippen molar-refractivity contribution in [2.24, 2.45) is 5.41 Å². The van der Waals surface area contributed by atoms with Crippen molar-refractivity contribution in [2.75, 3.05) is 32.7 Å². The highest BCUT2D eigenvalue weighted by Crippen LogP contribution is 2.41. The van der Waals surface area contributed by atoms with E-state index in [1.165, 1.54) is 16.8 Å². The molecule has 3 aliphatic rings. The van der Waals surface area contributed by atoms with Crippen LogP contribution in [-0.4, -0.2) is 59.9 Å². The fourth-order valence-corrected chi connectivity index (χ4v) is 5.09. The van der Waals surface area contributed by atoms with Crippen molar-refractivity contribution in [1.82, 2.24) is 20.4 Å². The Hall–Kier alpha value is -1.60. The second-order valence-electron chi connectivity index (χ2n) is 8.46. The van der Waals surface area contributed by atoms with E-state index < -0.39 is 0 Å². The van der Waals surface area contributed by atoms with E-state index in [0.29, 0.717) is 0 Å². The van der Waals surface area contributed by atoms with Crippen molar-refractivity contribution in [2.45, 2.75) is 38.2 Å². The first kappa shape index (κ1) is 23.1. The summed E-state index contributed by atoms with van der Waals surface area (Å²) in [5.41, 5.74) is 4.62.